The van der Waals surface area contributed by atoms with Gasteiger partial charge in [0.2, 0.25) is 0 Å². The van der Waals surface area contributed by atoms with Crippen LogP contribution in [0.1, 0.15) is 21.6 Å². The lowest BCUT2D eigenvalue weighted by molar-refractivity contribution is 0.0737. The van der Waals surface area contributed by atoms with Gasteiger partial charge in [0.25, 0.3) is 11.6 Å². The third-order valence-electron chi connectivity index (χ3n) is 4.60. The Kier molecular flexibility index (Phi) is 5.25. The number of fused-ring (bicyclic) bond motifs is 1. The molecule has 136 valence electrons. The van der Waals surface area contributed by atoms with Crippen LogP contribution in [0, 0.1) is 13.8 Å². The topological polar surface area (TPSA) is 71.3 Å². The molecule has 1 fully saturated rings. The number of hydrogen-bond acceptors (Lipinski definition) is 5. The molecule has 3 heterocycles. The number of halogens is 1. The zero-order valence-corrected chi connectivity index (χ0v) is 15.6. The van der Waals surface area contributed by atoms with E-state index in [9.17, 15) is 4.79 Å². The highest BCUT2D eigenvalue weighted by molar-refractivity contribution is 6.07. The zero-order chi connectivity index (χ0) is 17.4. The van der Waals surface area contributed by atoms with Crippen molar-refractivity contribution < 1.29 is 9.32 Å². The van der Waals surface area contributed by atoms with Crippen molar-refractivity contribution in [3.8, 4) is 11.3 Å². The predicted molar refractivity (Wildman–Crippen MR) is 103 cm³/mol. The largest absolute Gasteiger partial charge is 0.336 e. The van der Waals surface area contributed by atoms with Gasteiger partial charge in [-0.1, -0.05) is 35.0 Å². The first-order valence-corrected chi connectivity index (χ1v) is 8.47. The first kappa shape index (κ1) is 18.4. The zero-order valence-electron chi connectivity index (χ0n) is 14.8. The summed E-state index contributed by atoms with van der Waals surface area (Å²) in [4.78, 5) is 19.5. The van der Waals surface area contributed by atoms with Crippen LogP contribution in [0.5, 0.6) is 0 Å². The van der Waals surface area contributed by atoms with Gasteiger partial charge >= 0.3 is 0 Å². The fraction of sp³-hybridized carbons (Fsp3) is 0.316. The molecule has 0 unspecified atom stereocenters. The van der Waals surface area contributed by atoms with Crippen LogP contribution in [0.4, 0.5) is 0 Å². The van der Waals surface area contributed by atoms with E-state index in [1.165, 1.54) is 5.56 Å². The van der Waals surface area contributed by atoms with E-state index in [-0.39, 0.29) is 18.3 Å². The number of pyridine rings is 1. The van der Waals surface area contributed by atoms with E-state index in [0.717, 1.165) is 24.3 Å². The van der Waals surface area contributed by atoms with E-state index < -0.39 is 0 Å². The normalized spacial score (nSPS) is 14.3. The number of piperazine rings is 1. The molecule has 6 nitrogen and oxygen atoms in total. The highest BCUT2D eigenvalue weighted by Gasteiger charge is 2.24. The second-order valence-electron chi connectivity index (χ2n) is 6.41. The monoisotopic (exact) mass is 372 g/mol. The van der Waals surface area contributed by atoms with Crippen molar-refractivity contribution in [2.24, 2.45) is 0 Å². The van der Waals surface area contributed by atoms with E-state index in [2.05, 4.69) is 15.5 Å². The highest BCUT2D eigenvalue weighted by Crippen LogP contribution is 2.28. The number of carbonyl (C=O) groups is 1. The number of aryl methyl sites for hydroxylation is 2. The lowest BCUT2D eigenvalue weighted by Gasteiger charge is -2.27. The summed E-state index contributed by atoms with van der Waals surface area (Å²) >= 11 is 0. The van der Waals surface area contributed by atoms with Gasteiger partial charge in [-0.15, -0.1) is 12.4 Å². The summed E-state index contributed by atoms with van der Waals surface area (Å²) in [5.41, 5.74) is 4.57. The summed E-state index contributed by atoms with van der Waals surface area (Å²) < 4.78 is 5.37. The molecule has 26 heavy (non-hydrogen) atoms. The van der Waals surface area contributed by atoms with Crippen molar-refractivity contribution in [1.29, 1.82) is 0 Å². The van der Waals surface area contributed by atoms with Gasteiger partial charge in [-0.3, -0.25) is 4.79 Å². The molecule has 0 bridgehead atoms. The SMILES string of the molecule is Cc1ccc(-c2cc(C(=O)N3CCNCC3)c3c(C)noc3n2)cc1.Cl. The summed E-state index contributed by atoms with van der Waals surface area (Å²) in [6.07, 6.45) is 0. The van der Waals surface area contributed by atoms with Crippen molar-refractivity contribution in [2.45, 2.75) is 13.8 Å². The van der Waals surface area contributed by atoms with Crippen LogP contribution in [0.2, 0.25) is 0 Å². The van der Waals surface area contributed by atoms with E-state index in [4.69, 9.17) is 4.52 Å². The molecule has 0 radical (unpaired) electrons. The maximum absolute atomic E-state index is 13.1. The fourth-order valence-electron chi connectivity index (χ4n) is 3.17. The lowest BCUT2D eigenvalue weighted by atomic mass is 10.0. The summed E-state index contributed by atoms with van der Waals surface area (Å²) in [6, 6.07) is 9.94. The minimum Gasteiger partial charge on any atom is -0.336 e. The third kappa shape index (κ3) is 3.30. The predicted octanol–water partition coefficient (Wildman–Crippen LogP) is 2.97. The Bertz CT molecular complexity index is 931. The van der Waals surface area contributed by atoms with Gasteiger partial charge in [-0.05, 0) is 19.9 Å². The van der Waals surface area contributed by atoms with E-state index in [1.807, 2.05) is 49.1 Å². The van der Waals surface area contributed by atoms with Gasteiger partial charge in [0.1, 0.15) is 0 Å². The van der Waals surface area contributed by atoms with Crippen LogP contribution < -0.4 is 5.32 Å². The maximum atomic E-state index is 13.1. The second kappa shape index (κ2) is 7.43. The van der Waals surface area contributed by atoms with Gasteiger partial charge in [0, 0.05) is 31.7 Å². The molecule has 0 saturated carbocycles. The van der Waals surface area contributed by atoms with Crippen LogP contribution in [0.25, 0.3) is 22.4 Å². The molecule has 1 N–H and O–H groups in total. The molecule has 1 aliphatic rings. The van der Waals surface area contributed by atoms with Crippen molar-refractivity contribution >= 4 is 29.4 Å². The van der Waals surface area contributed by atoms with Gasteiger partial charge in [0.15, 0.2) is 0 Å². The number of rotatable bonds is 2. The molecule has 1 saturated heterocycles. The Labute approximate surface area is 158 Å². The molecule has 0 spiro atoms. The molecule has 3 aromatic rings. The molecule has 1 amide bonds. The van der Waals surface area contributed by atoms with Crippen LogP contribution >= 0.6 is 12.4 Å². The number of benzene rings is 1. The van der Waals surface area contributed by atoms with Crippen LogP contribution in [0.15, 0.2) is 34.9 Å². The smallest absolute Gasteiger partial charge is 0.259 e. The average molecular weight is 373 g/mol. The molecule has 0 aliphatic carbocycles. The highest BCUT2D eigenvalue weighted by atomic mass is 35.5. The van der Waals surface area contributed by atoms with Crippen molar-refractivity contribution in [3.63, 3.8) is 0 Å². The van der Waals surface area contributed by atoms with E-state index in [0.29, 0.717) is 35.4 Å². The average Bonchev–Trinajstić information content (AvgIpc) is 3.03. The van der Waals surface area contributed by atoms with Crippen LogP contribution in [-0.2, 0) is 0 Å². The van der Waals surface area contributed by atoms with Crippen LogP contribution in [-0.4, -0.2) is 47.1 Å². The van der Waals surface area contributed by atoms with Gasteiger partial charge in [0.05, 0.1) is 22.3 Å². The Hall–Kier alpha value is -2.44. The van der Waals surface area contributed by atoms with Crippen molar-refractivity contribution in [1.82, 2.24) is 20.4 Å². The molecule has 4 rings (SSSR count). The quantitative estimate of drug-likeness (QED) is 0.748. The number of nitrogens with zero attached hydrogens (tertiary/aromatic N) is 3. The van der Waals surface area contributed by atoms with Crippen LogP contribution in [0.3, 0.4) is 0 Å². The number of carbonyl (C=O) groups excluding carboxylic acids is 1. The third-order valence-corrected chi connectivity index (χ3v) is 4.60. The molecule has 1 aromatic carbocycles. The molecule has 0 atom stereocenters. The standard InChI is InChI=1S/C19H20N4O2.ClH/c1-12-3-5-14(6-4-12)16-11-15(17-13(2)22-25-18(17)21-16)19(24)23-9-7-20-8-10-23;/h3-6,11,20H,7-10H2,1-2H3;1H. The molecular formula is C19H21ClN4O2. The molecule has 2 aromatic heterocycles. The summed E-state index contributed by atoms with van der Waals surface area (Å²) in [6.45, 7) is 6.91. The van der Waals surface area contributed by atoms with Gasteiger partial charge in [-0.2, -0.15) is 0 Å². The molecule has 1 aliphatic heterocycles. The number of aromatic nitrogens is 2. The first-order chi connectivity index (χ1) is 12.1. The Morgan fingerprint density at radius 2 is 1.85 bits per heavy atom. The Morgan fingerprint density at radius 3 is 2.54 bits per heavy atom. The lowest BCUT2D eigenvalue weighted by Crippen LogP contribution is -2.46. The fourth-order valence-corrected chi connectivity index (χ4v) is 3.17. The first-order valence-electron chi connectivity index (χ1n) is 8.47. The number of hydrogen-bond donors (Lipinski definition) is 1. The summed E-state index contributed by atoms with van der Waals surface area (Å²) in [5, 5.41) is 7.99. The number of nitrogens with one attached hydrogen (secondary N) is 1. The van der Waals surface area contributed by atoms with E-state index >= 15 is 0 Å². The molecule has 7 heteroatoms. The molecular weight excluding hydrogens is 352 g/mol. The summed E-state index contributed by atoms with van der Waals surface area (Å²) in [7, 11) is 0. The summed E-state index contributed by atoms with van der Waals surface area (Å²) in [5.74, 6) is 0.00793. The van der Waals surface area contributed by atoms with Crippen molar-refractivity contribution in [2.75, 3.05) is 26.2 Å². The van der Waals surface area contributed by atoms with Gasteiger partial charge in [-0.25, -0.2) is 4.98 Å². The maximum Gasteiger partial charge on any atom is 0.259 e. The van der Waals surface area contributed by atoms with Gasteiger partial charge < -0.3 is 14.7 Å². The number of amides is 1. The Morgan fingerprint density at radius 1 is 1.15 bits per heavy atom. The minimum atomic E-state index is 0. The second-order valence-corrected chi connectivity index (χ2v) is 6.41. The minimum absolute atomic E-state index is 0. The Balaban J connectivity index is 0.00000196. The van der Waals surface area contributed by atoms with Crippen molar-refractivity contribution in [3.05, 3.63) is 47.2 Å². The van der Waals surface area contributed by atoms with E-state index in [1.54, 1.807) is 0 Å².